The highest BCUT2D eigenvalue weighted by Gasteiger charge is 2.17. The average Bonchev–Trinajstić information content (AvgIpc) is 3.19. The molecule has 0 aliphatic rings. The molecular weight excluding hydrogens is 426 g/mol. The molecule has 31 heavy (non-hydrogen) atoms. The monoisotopic (exact) mass is 449 g/mol. The lowest BCUT2D eigenvalue weighted by Crippen LogP contribution is -2.22. The summed E-state index contributed by atoms with van der Waals surface area (Å²) in [5.41, 5.74) is 3.51. The van der Waals surface area contributed by atoms with Gasteiger partial charge in [-0.05, 0) is 49.6 Å². The van der Waals surface area contributed by atoms with Crippen LogP contribution in [-0.2, 0) is 11.2 Å². The summed E-state index contributed by atoms with van der Waals surface area (Å²) in [5, 5.41) is 4.14. The van der Waals surface area contributed by atoms with Gasteiger partial charge in [-0.2, -0.15) is 0 Å². The van der Waals surface area contributed by atoms with Gasteiger partial charge in [-0.1, -0.05) is 55.1 Å². The van der Waals surface area contributed by atoms with Crippen molar-refractivity contribution in [2.75, 3.05) is 11.1 Å². The van der Waals surface area contributed by atoms with E-state index in [2.05, 4.69) is 12.2 Å². The van der Waals surface area contributed by atoms with E-state index in [1.165, 1.54) is 23.1 Å². The minimum absolute atomic E-state index is 0.107. The van der Waals surface area contributed by atoms with Crippen LogP contribution in [0.1, 0.15) is 22.9 Å². The van der Waals surface area contributed by atoms with Gasteiger partial charge in [0.1, 0.15) is 4.83 Å². The van der Waals surface area contributed by atoms with Gasteiger partial charge < -0.3 is 5.32 Å². The van der Waals surface area contributed by atoms with Crippen LogP contribution in [0, 0.1) is 13.8 Å². The minimum Gasteiger partial charge on any atom is -0.325 e. The van der Waals surface area contributed by atoms with Crippen LogP contribution in [0.5, 0.6) is 0 Å². The van der Waals surface area contributed by atoms with E-state index >= 15 is 0 Å². The molecule has 5 nitrogen and oxygen atoms in total. The molecule has 0 spiro atoms. The van der Waals surface area contributed by atoms with Gasteiger partial charge in [0.25, 0.3) is 5.56 Å². The second kappa shape index (κ2) is 9.08. The number of thioether (sulfide) groups is 1. The molecule has 4 rings (SSSR count). The number of carbonyl (C=O) groups is 1. The molecule has 2 heterocycles. The number of aromatic nitrogens is 2. The van der Waals surface area contributed by atoms with Crippen molar-refractivity contribution in [1.82, 2.24) is 9.55 Å². The number of rotatable bonds is 6. The topological polar surface area (TPSA) is 64.0 Å². The number of thiophene rings is 1. The number of anilines is 1. The predicted molar refractivity (Wildman–Crippen MR) is 130 cm³/mol. The molecule has 0 saturated carbocycles. The molecule has 1 N–H and O–H groups in total. The molecule has 0 radical (unpaired) electrons. The fourth-order valence-electron chi connectivity index (χ4n) is 3.40. The normalized spacial score (nSPS) is 11.1. The first-order chi connectivity index (χ1) is 15.0. The van der Waals surface area contributed by atoms with Gasteiger partial charge in [0.2, 0.25) is 5.91 Å². The van der Waals surface area contributed by atoms with Crippen molar-refractivity contribution in [3.63, 3.8) is 0 Å². The Morgan fingerprint density at radius 2 is 1.81 bits per heavy atom. The average molecular weight is 450 g/mol. The summed E-state index contributed by atoms with van der Waals surface area (Å²) in [6.07, 6.45) is 0.854. The van der Waals surface area contributed by atoms with Crippen LogP contribution >= 0.6 is 23.1 Å². The first kappa shape index (κ1) is 21.3. The number of nitrogens with zero attached hydrogens (tertiary/aromatic N) is 2. The van der Waals surface area contributed by atoms with Crippen LogP contribution in [0.3, 0.4) is 0 Å². The lowest BCUT2D eigenvalue weighted by Gasteiger charge is -2.13. The lowest BCUT2D eigenvalue weighted by molar-refractivity contribution is -0.113. The Bertz CT molecular complexity index is 1290. The summed E-state index contributed by atoms with van der Waals surface area (Å²) in [7, 11) is 0. The van der Waals surface area contributed by atoms with E-state index in [9.17, 15) is 9.59 Å². The van der Waals surface area contributed by atoms with Crippen molar-refractivity contribution in [3.05, 3.63) is 81.0 Å². The molecule has 4 aromatic rings. The van der Waals surface area contributed by atoms with Crippen molar-refractivity contribution in [2.45, 2.75) is 32.3 Å². The molecule has 2 aromatic heterocycles. The molecule has 1 amide bonds. The second-order valence-corrected chi connectivity index (χ2v) is 9.32. The van der Waals surface area contributed by atoms with E-state index in [1.54, 1.807) is 4.57 Å². The predicted octanol–water partition coefficient (Wildman–Crippen LogP) is 5.36. The molecule has 0 saturated heterocycles. The van der Waals surface area contributed by atoms with Gasteiger partial charge in [0.05, 0.1) is 16.8 Å². The zero-order chi connectivity index (χ0) is 22.0. The summed E-state index contributed by atoms with van der Waals surface area (Å²) in [5.74, 6) is 0.0293. The van der Waals surface area contributed by atoms with E-state index < -0.39 is 0 Å². The standard InChI is InChI=1S/C24H23N3O2S2/c1-4-18-13-19-22(31-18)26-24(27(23(19)29)17-11-6-5-7-12-17)30-14-20(28)25-21-15(2)9-8-10-16(21)3/h5-13H,4,14H2,1-3H3,(H,25,28). The van der Waals surface area contributed by atoms with Crippen LogP contribution in [0.25, 0.3) is 15.9 Å². The first-order valence-electron chi connectivity index (χ1n) is 10.1. The number of nitrogens with one attached hydrogen (secondary N) is 1. The van der Waals surface area contributed by atoms with Crippen LogP contribution in [-0.4, -0.2) is 21.2 Å². The Morgan fingerprint density at radius 3 is 2.48 bits per heavy atom. The first-order valence-corrected chi connectivity index (χ1v) is 11.9. The zero-order valence-corrected chi connectivity index (χ0v) is 19.3. The third kappa shape index (κ3) is 4.43. The highest BCUT2D eigenvalue weighted by molar-refractivity contribution is 7.99. The van der Waals surface area contributed by atoms with Gasteiger partial charge in [0, 0.05) is 10.6 Å². The van der Waals surface area contributed by atoms with E-state index in [0.717, 1.165) is 33.8 Å². The molecule has 0 unspecified atom stereocenters. The molecule has 0 atom stereocenters. The quantitative estimate of drug-likeness (QED) is 0.318. The number of carbonyl (C=O) groups excluding carboxylic acids is 1. The van der Waals surface area contributed by atoms with Crippen molar-refractivity contribution in [3.8, 4) is 5.69 Å². The largest absolute Gasteiger partial charge is 0.325 e. The van der Waals surface area contributed by atoms with Crippen molar-refractivity contribution >= 4 is 44.9 Å². The Labute approximate surface area is 189 Å². The molecule has 0 fully saturated rings. The number of benzene rings is 2. The second-order valence-electron chi connectivity index (χ2n) is 7.26. The number of hydrogen-bond donors (Lipinski definition) is 1. The summed E-state index contributed by atoms with van der Waals surface area (Å²) < 4.78 is 1.60. The van der Waals surface area contributed by atoms with Crippen LogP contribution in [0.4, 0.5) is 5.69 Å². The van der Waals surface area contributed by atoms with Gasteiger partial charge in [-0.25, -0.2) is 4.98 Å². The number of fused-ring (bicyclic) bond motifs is 1. The number of para-hydroxylation sites is 2. The Morgan fingerprint density at radius 1 is 1.10 bits per heavy atom. The van der Waals surface area contributed by atoms with E-state index in [0.29, 0.717) is 15.4 Å². The lowest BCUT2D eigenvalue weighted by atomic mass is 10.1. The smallest absolute Gasteiger partial charge is 0.267 e. The highest BCUT2D eigenvalue weighted by atomic mass is 32.2. The van der Waals surface area contributed by atoms with Crippen LogP contribution < -0.4 is 10.9 Å². The molecule has 0 bridgehead atoms. The van der Waals surface area contributed by atoms with Crippen LogP contribution in [0.15, 0.2) is 64.5 Å². The van der Waals surface area contributed by atoms with E-state index in [4.69, 9.17) is 4.98 Å². The third-order valence-electron chi connectivity index (χ3n) is 5.03. The summed E-state index contributed by atoms with van der Waals surface area (Å²) in [6, 6.07) is 17.3. The maximum absolute atomic E-state index is 13.3. The van der Waals surface area contributed by atoms with Crippen molar-refractivity contribution in [2.24, 2.45) is 0 Å². The van der Waals surface area contributed by atoms with Crippen molar-refractivity contribution < 1.29 is 4.79 Å². The number of aryl methyl sites for hydroxylation is 3. The molecule has 0 aliphatic heterocycles. The fraction of sp³-hybridized carbons (Fsp3) is 0.208. The SMILES string of the molecule is CCc1cc2c(=O)n(-c3ccccc3)c(SCC(=O)Nc3c(C)cccc3C)nc2s1. The maximum Gasteiger partial charge on any atom is 0.267 e. The van der Waals surface area contributed by atoms with Gasteiger partial charge >= 0.3 is 0 Å². The summed E-state index contributed by atoms with van der Waals surface area (Å²) >= 11 is 2.81. The third-order valence-corrected chi connectivity index (χ3v) is 7.14. The molecule has 0 aliphatic carbocycles. The summed E-state index contributed by atoms with van der Waals surface area (Å²) in [4.78, 5) is 32.6. The highest BCUT2D eigenvalue weighted by Crippen LogP contribution is 2.27. The maximum atomic E-state index is 13.3. The van der Waals surface area contributed by atoms with Gasteiger partial charge in [-0.15, -0.1) is 11.3 Å². The van der Waals surface area contributed by atoms with Gasteiger partial charge in [-0.3, -0.25) is 14.2 Å². The van der Waals surface area contributed by atoms with Gasteiger partial charge in [0.15, 0.2) is 5.16 Å². The fourth-order valence-corrected chi connectivity index (χ4v) is 5.23. The Hall–Kier alpha value is -2.90. The zero-order valence-electron chi connectivity index (χ0n) is 17.6. The Kier molecular flexibility index (Phi) is 6.25. The van der Waals surface area contributed by atoms with E-state index in [1.807, 2.05) is 68.4 Å². The molecule has 158 valence electrons. The van der Waals surface area contributed by atoms with Crippen molar-refractivity contribution in [1.29, 1.82) is 0 Å². The Balaban J connectivity index is 1.68. The number of amides is 1. The molecular formula is C24H23N3O2S2. The minimum atomic E-state index is -0.128. The molecule has 2 aromatic carbocycles. The molecule has 7 heteroatoms. The summed E-state index contributed by atoms with van der Waals surface area (Å²) in [6.45, 7) is 6.01. The number of hydrogen-bond acceptors (Lipinski definition) is 5. The van der Waals surface area contributed by atoms with E-state index in [-0.39, 0.29) is 17.2 Å². The van der Waals surface area contributed by atoms with Crippen LogP contribution in [0.2, 0.25) is 0 Å².